The van der Waals surface area contributed by atoms with Gasteiger partial charge in [-0.15, -0.1) is 0 Å². The Labute approximate surface area is 155 Å². The Kier molecular flexibility index (Phi) is 8.16. The molecule has 2 atom stereocenters. The summed E-state index contributed by atoms with van der Waals surface area (Å²) >= 11 is 0. The van der Waals surface area contributed by atoms with Crippen LogP contribution >= 0.6 is 0 Å². The lowest BCUT2D eigenvalue weighted by atomic mass is 10.0. The Bertz CT molecular complexity index is 450. The zero-order valence-electron chi connectivity index (χ0n) is 16.3. The first kappa shape index (κ1) is 20.6. The Hall–Kier alpha value is -0.660. The highest BCUT2D eigenvalue weighted by atomic mass is 32.2. The van der Waals surface area contributed by atoms with Crippen LogP contribution < -0.4 is 10.6 Å². The molecule has 2 fully saturated rings. The van der Waals surface area contributed by atoms with E-state index in [0.717, 1.165) is 51.0 Å². The molecular weight excluding hydrogens is 336 g/mol. The molecule has 0 aromatic rings. The number of ether oxygens (including phenoxy) is 1. The Balaban J connectivity index is 1.64. The summed E-state index contributed by atoms with van der Waals surface area (Å²) in [5.41, 5.74) is 0. The smallest absolute Gasteiger partial charge is 0.191 e. The van der Waals surface area contributed by atoms with E-state index in [1.807, 2.05) is 20.8 Å². The molecule has 146 valence electrons. The number of likely N-dealkylation sites (tertiary alicyclic amines) is 1. The number of piperidine rings is 1. The van der Waals surface area contributed by atoms with Gasteiger partial charge in [0.25, 0.3) is 0 Å². The van der Waals surface area contributed by atoms with Crippen molar-refractivity contribution < 1.29 is 8.95 Å². The van der Waals surface area contributed by atoms with Crippen LogP contribution in [0.4, 0.5) is 0 Å². The molecule has 2 rings (SSSR count). The number of aliphatic imine (C=N–C) groups is 1. The molecular formula is C18H36N4O2S. The molecule has 7 heteroatoms. The third kappa shape index (κ3) is 7.23. The minimum Gasteiger partial charge on any atom is -0.381 e. The van der Waals surface area contributed by atoms with E-state index in [0.29, 0.717) is 18.3 Å². The van der Waals surface area contributed by atoms with Gasteiger partial charge in [0.2, 0.25) is 0 Å². The van der Waals surface area contributed by atoms with Gasteiger partial charge < -0.3 is 20.3 Å². The van der Waals surface area contributed by atoms with Gasteiger partial charge in [0.15, 0.2) is 5.96 Å². The molecule has 0 aromatic heterocycles. The SMILES string of the molecule is CN=C(NCCS(=O)C(C)(C)C)NC1CCN(CC2CCOC2)CC1. The first-order chi connectivity index (χ1) is 11.9. The summed E-state index contributed by atoms with van der Waals surface area (Å²) in [6, 6.07) is 0.468. The molecule has 2 aliphatic heterocycles. The molecule has 2 saturated heterocycles. The second-order valence-corrected chi connectivity index (χ2v) is 10.4. The van der Waals surface area contributed by atoms with Crippen molar-refractivity contribution in [2.24, 2.45) is 10.9 Å². The second kappa shape index (κ2) is 9.88. The largest absolute Gasteiger partial charge is 0.381 e. The summed E-state index contributed by atoms with van der Waals surface area (Å²) < 4.78 is 17.4. The van der Waals surface area contributed by atoms with Crippen LogP contribution in [0.15, 0.2) is 4.99 Å². The Morgan fingerprint density at radius 1 is 1.28 bits per heavy atom. The highest BCUT2D eigenvalue weighted by Crippen LogP contribution is 2.17. The van der Waals surface area contributed by atoms with Gasteiger partial charge in [-0.2, -0.15) is 0 Å². The highest BCUT2D eigenvalue weighted by Gasteiger charge is 2.24. The Morgan fingerprint density at radius 2 is 2.00 bits per heavy atom. The first-order valence-electron chi connectivity index (χ1n) is 9.54. The quantitative estimate of drug-likeness (QED) is 0.542. The summed E-state index contributed by atoms with van der Waals surface area (Å²) in [6.07, 6.45) is 3.50. The topological polar surface area (TPSA) is 66.0 Å². The van der Waals surface area contributed by atoms with E-state index in [1.165, 1.54) is 13.0 Å². The average Bonchev–Trinajstić information content (AvgIpc) is 3.07. The lowest BCUT2D eigenvalue weighted by molar-refractivity contribution is 0.150. The van der Waals surface area contributed by atoms with Crippen molar-refractivity contribution in [3.63, 3.8) is 0 Å². The molecule has 0 aromatic carbocycles. The van der Waals surface area contributed by atoms with Crippen LogP contribution in [-0.2, 0) is 15.5 Å². The second-order valence-electron chi connectivity index (χ2n) is 8.11. The first-order valence-corrected chi connectivity index (χ1v) is 10.9. The van der Waals surface area contributed by atoms with Crippen molar-refractivity contribution in [1.82, 2.24) is 15.5 Å². The highest BCUT2D eigenvalue weighted by molar-refractivity contribution is 7.86. The minimum atomic E-state index is -0.832. The van der Waals surface area contributed by atoms with E-state index in [2.05, 4.69) is 20.5 Å². The van der Waals surface area contributed by atoms with Crippen LogP contribution in [0.25, 0.3) is 0 Å². The summed E-state index contributed by atoms with van der Waals surface area (Å²) in [4.78, 5) is 6.88. The van der Waals surface area contributed by atoms with Crippen LogP contribution in [0.1, 0.15) is 40.0 Å². The van der Waals surface area contributed by atoms with Gasteiger partial charge in [-0.3, -0.25) is 9.20 Å². The molecule has 2 unspecified atom stereocenters. The number of nitrogens with zero attached hydrogens (tertiary/aromatic N) is 2. The van der Waals surface area contributed by atoms with Crippen LogP contribution in [0.2, 0.25) is 0 Å². The van der Waals surface area contributed by atoms with Crippen LogP contribution in [0.5, 0.6) is 0 Å². The van der Waals surface area contributed by atoms with E-state index in [1.54, 1.807) is 7.05 Å². The monoisotopic (exact) mass is 372 g/mol. The van der Waals surface area contributed by atoms with Crippen LogP contribution in [-0.4, -0.2) is 78.1 Å². The van der Waals surface area contributed by atoms with Gasteiger partial charge >= 0.3 is 0 Å². The third-order valence-electron chi connectivity index (χ3n) is 4.96. The zero-order chi connectivity index (χ0) is 18.3. The van der Waals surface area contributed by atoms with Crippen LogP contribution in [0.3, 0.4) is 0 Å². The Morgan fingerprint density at radius 3 is 2.56 bits per heavy atom. The van der Waals surface area contributed by atoms with Gasteiger partial charge in [-0.05, 0) is 46.0 Å². The van der Waals surface area contributed by atoms with Crippen molar-refractivity contribution in [1.29, 1.82) is 0 Å². The van der Waals surface area contributed by atoms with Crippen molar-refractivity contribution in [2.45, 2.75) is 50.8 Å². The third-order valence-corrected chi connectivity index (χ3v) is 6.90. The van der Waals surface area contributed by atoms with E-state index in [9.17, 15) is 4.21 Å². The maximum atomic E-state index is 12.1. The molecule has 0 bridgehead atoms. The number of rotatable bonds is 6. The zero-order valence-corrected chi connectivity index (χ0v) is 17.2. The molecule has 2 aliphatic rings. The number of hydrogen-bond donors (Lipinski definition) is 2. The van der Waals surface area contributed by atoms with Gasteiger partial charge in [-0.1, -0.05) is 0 Å². The number of guanidine groups is 1. The van der Waals surface area contributed by atoms with Crippen molar-refractivity contribution in [3.05, 3.63) is 0 Å². The van der Waals surface area contributed by atoms with Gasteiger partial charge in [-0.25, -0.2) is 0 Å². The summed E-state index contributed by atoms with van der Waals surface area (Å²) in [5.74, 6) is 2.20. The van der Waals surface area contributed by atoms with E-state index >= 15 is 0 Å². The standard InChI is InChI=1S/C18H36N4O2S/c1-18(2,3)25(23)12-8-20-17(19-4)21-16-5-9-22(10-6-16)13-15-7-11-24-14-15/h15-16H,5-14H2,1-4H3,(H2,19,20,21). The van der Waals surface area contributed by atoms with Crippen molar-refractivity contribution in [3.8, 4) is 0 Å². The summed E-state index contributed by atoms with van der Waals surface area (Å²) in [6.45, 7) is 12.1. The molecule has 25 heavy (non-hydrogen) atoms. The normalized spacial score (nSPS) is 25.1. The average molecular weight is 373 g/mol. The fourth-order valence-electron chi connectivity index (χ4n) is 3.31. The molecule has 2 heterocycles. The van der Waals surface area contributed by atoms with Crippen LogP contribution in [0, 0.1) is 5.92 Å². The lowest BCUT2D eigenvalue weighted by Gasteiger charge is -2.34. The van der Waals surface area contributed by atoms with Gasteiger partial charge in [0.05, 0.1) is 6.61 Å². The fraction of sp³-hybridized carbons (Fsp3) is 0.944. The minimum absolute atomic E-state index is 0.157. The predicted molar refractivity (Wildman–Crippen MR) is 106 cm³/mol. The van der Waals surface area contributed by atoms with E-state index in [-0.39, 0.29) is 4.75 Å². The maximum Gasteiger partial charge on any atom is 0.191 e. The summed E-state index contributed by atoms with van der Waals surface area (Å²) in [5, 5.41) is 6.83. The number of hydrogen-bond acceptors (Lipinski definition) is 4. The van der Waals surface area contributed by atoms with Gasteiger partial charge in [0.1, 0.15) is 0 Å². The molecule has 0 spiro atoms. The van der Waals surface area contributed by atoms with E-state index < -0.39 is 10.8 Å². The molecule has 0 saturated carbocycles. The molecule has 2 N–H and O–H groups in total. The fourth-order valence-corrected chi connectivity index (χ4v) is 4.21. The predicted octanol–water partition coefficient (Wildman–Crippen LogP) is 1.20. The van der Waals surface area contributed by atoms with Crippen molar-refractivity contribution in [2.75, 3.05) is 52.2 Å². The molecule has 6 nitrogen and oxygen atoms in total. The summed E-state index contributed by atoms with van der Waals surface area (Å²) in [7, 11) is 0.965. The van der Waals surface area contributed by atoms with Gasteiger partial charge in [0, 0.05) is 67.2 Å². The number of nitrogens with one attached hydrogen (secondary N) is 2. The maximum absolute atomic E-state index is 12.1. The molecule has 0 radical (unpaired) electrons. The molecule has 0 aliphatic carbocycles. The van der Waals surface area contributed by atoms with E-state index in [4.69, 9.17) is 4.74 Å². The molecule has 0 amide bonds. The lowest BCUT2D eigenvalue weighted by Crippen LogP contribution is -2.50. The van der Waals surface area contributed by atoms with Crippen molar-refractivity contribution >= 4 is 16.8 Å².